The van der Waals surface area contributed by atoms with E-state index in [9.17, 15) is 9.18 Å². The highest BCUT2D eigenvalue weighted by Crippen LogP contribution is 2.09. The Morgan fingerprint density at radius 3 is 2.80 bits per heavy atom. The number of halogens is 1. The Kier molecular flexibility index (Phi) is 4.47. The van der Waals surface area contributed by atoms with Crippen molar-refractivity contribution in [1.82, 2.24) is 9.78 Å². The molecule has 1 aromatic carbocycles. The van der Waals surface area contributed by atoms with Crippen LogP contribution in [0.3, 0.4) is 0 Å². The van der Waals surface area contributed by atoms with E-state index in [1.54, 1.807) is 24.4 Å². The van der Waals surface area contributed by atoms with Gasteiger partial charge >= 0.3 is 0 Å². The Labute approximate surface area is 116 Å². The molecule has 0 aliphatic rings. The lowest BCUT2D eigenvalue weighted by atomic mass is 10.2. The fourth-order valence-electron chi connectivity index (χ4n) is 1.86. The zero-order valence-electron chi connectivity index (χ0n) is 11.3. The quantitative estimate of drug-likeness (QED) is 0.878. The smallest absolute Gasteiger partial charge is 0.269 e. The number of rotatable bonds is 5. The van der Waals surface area contributed by atoms with Gasteiger partial charge in [-0.05, 0) is 6.07 Å². The fourth-order valence-corrected chi connectivity index (χ4v) is 1.86. The Bertz CT molecular complexity index is 641. The molecular weight excluding hydrogens is 259 g/mol. The van der Waals surface area contributed by atoms with E-state index < -0.39 is 0 Å². The van der Waals surface area contributed by atoms with Crippen molar-refractivity contribution in [1.29, 1.82) is 0 Å². The zero-order valence-corrected chi connectivity index (χ0v) is 11.3. The van der Waals surface area contributed by atoms with Crippen LogP contribution in [0, 0.1) is 5.82 Å². The molecule has 106 valence electrons. The summed E-state index contributed by atoms with van der Waals surface area (Å²) >= 11 is 0. The molecule has 2 aromatic rings. The second kappa shape index (κ2) is 6.29. The molecule has 0 fully saturated rings. The standard InChI is InChI=1S/C14H17FN4O/c1-18(7-6-16)12-8-14(20)19(17-9-12)10-11-4-2-3-5-13(11)15/h2-5,8-9H,6-7,10,16H2,1H3. The molecule has 1 heterocycles. The molecule has 0 saturated heterocycles. The number of hydrogen-bond acceptors (Lipinski definition) is 4. The van der Waals surface area contributed by atoms with Crippen molar-refractivity contribution in [3.63, 3.8) is 0 Å². The van der Waals surface area contributed by atoms with Crippen molar-refractivity contribution >= 4 is 5.69 Å². The Morgan fingerprint density at radius 2 is 2.15 bits per heavy atom. The SMILES string of the molecule is CN(CCN)c1cnn(Cc2ccccc2F)c(=O)c1. The minimum atomic E-state index is -0.342. The molecule has 0 unspecified atom stereocenters. The van der Waals surface area contributed by atoms with Crippen molar-refractivity contribution in [2.75, 3.05) is 25.0 Å². The van der Waals surface area contributed by atoms with Crippen molar-refractivity contribution in [2.24, 2.45) is 5.73 Å². The predicted octanol–water partition coefficient (Wildman–Crippen LogP) is 0.826. The van der Waals surface area contributed by atoms with Crippen LogP contribution in [-0.2, 0) is 6.54 Å². The van der Waals surface area contributed by atoms with Gasteiger partial charge in [-0.1, -0.05) is 18.2 Å². The molecule has 0 atom stereocenters. The van der Waals surface area contributed by atoms with Crippen LogP contribution in [0.4, 0.5) is 10.1 Å². The summed E-state index contributed by atoms with van der Waals surface area (Å²) in [5.74, 6) is -0.342. The topological polar surface area (TPSA) is 64.2 Å². The van der Waals surface area contributed by atoms with E-state index in [2.05, 4.69) is 5.10 Å². The van der Waals surface area contributed by atoms with Gasteiger partial charge < -0.3 is 10.6 Å². The summed E-state index contributed by atoms with van der Waals surface area (Å²) in [6.45, 7) is 1.25. The van der Waals surface area contributed by atoms with Gasteiger partial charge in [-0.3, -0.25) is 4.79 Å². The molecule has 0 aliphatic heterocycles. The van der Waals surface area contributed by atoms with Gasteiger partial charge in [0.25, 0.3) is 5.56 Å². The highest BCUT2D eigenvalue weighted by Gasteiger charge is 2.07. The highest BCUT2D eigenvalue weighted by molar-refractivity contribution is 5.41. The number of aromatic nitrogens is 2. The van der Waals surface area contributed by atoms with E-state index in [-0.39, 0.29) is 17.9 Å². The summed E-state index contributed by atoms with van der Waals surface area (Å²) in [4.78, 5) is 13.8. The third-order valence-electron chi connectivity index (χ3n) is 3.04. The highest BCUT2D eigenvalue weighted by atomic mass is 19.1. The first-order valence-corrected chi connectivity index (χ1v) is 6.33. The van der Waals surface area contributed by atoms with Crippen molar-refractivity contribution in [3.05, 3.63) is 58.3 Å². The molecule has 2 N–H and O–H groups in total. The normalized spacial score (nSPS) is 10.6. The Morgan fingerprint density at radius 1 is 1.40 bits per heavy atom. The van der Waals surface area contributed by atoms with Gasteiger partial charge in [0.1, 0.15) is 5.82 Å². The van der Waals surface area contributed by atoms with Gasteiger partial charge in [0.15, 0.2) is 0 Å². The molecule has 0 aliphatic carbocycles. The monoisotopic (exact) mass is 276 g/mol. The number of anilines is 1. The molecule has 6 heteroatoms. The lowest BCUT2D eigenvalue weighted by Gasteiger charge is -2.17. The van der Waals surface area contributed by atoms with Gasteiger partial charge in [-0.15, -0.1) is 0 Å². The number of likely N-dealkylation sites (N-methyl/N-ethyl adjacent to an activating group) is 1. The minimum absolute atomic E-state index is 0.117. The summed E-state index contributed by atoms with van der Waals surface area (Å²) in [6.07, 6.45) is 1.58. The maximum absolute atomic E-state index is 13.5. The number of nitrogens with two attached hydrogens (primary N) is 1. The Hall–Kier alpha value is -2.21. The van der Waals surface area contributed by atoms with Gasteiger partial charge in [0, 0.05) is 31.8 Å². The third kappa shape index (κ3) is 3.21. The summed E-state index contributed by atoms with van der Waals surface area (Å²) in [5.41, 5.74) is 6.33. The van der Waals surface area contributed by atoms with Crippen LogP contribution in [-0.4, -0.2) is 29.9 Å². The van der Waals surface area contributed by atoms with Gasteiger partial charge in [-0.2, -0.15) is 5.10 Å². The van der Waals surface area contributed by atoms with Crippen molar-refractivity contribution < 1.29 is 4.39 Å². The summed E-state index contributed by atoms with van der Waals surface area (Å²) in [6, 6.07) is 7.82. The van der Waals surface area contributed by atoms with E-state index in [4.69, 9.17) is 5.73 Å². The molecule has 0 spiro atoms. The summed E-state index contributed by atoms with van der Waals surface area (Å²) in [5, 5.41) is 4.07. The van der Waals surface area contributed by atoms with Gasteiger partial charge in [0.2, 0.25) is 0 Å². The first-order valence-electron chi connectivity index (χ1n) is 6.33. The van der Waals surface area contributed by atoms with Crippen LogP contribution in [0.2, 0.25) is 0 Å². The van der Waals surface area contributed by atoms with Crippen LogP contribution in [0.5, 0.6) is 0 Å². The average Bonchev–Trinajstić information content (AvgIpc) is 2.43. The van der Waals surface area contributed by atoms with Gasteiger partial charge in [-0.25, -0.2) is 9.07 Å². The van der Waals surface area contributed by atoms with Crippen LogP contribution in [0.25, 0.3) is 0 Å². The summed E-state index contributed by atoms with van der Waals surface area (Å²) < 4.78 is 14.8. The molecule has 0 radical (unpaired) electrons. The Balaban J connectivity index is 2.23. The van der Waals surface area contributed by atoms with Crippen molar-refractivity contribution in [3.8, 4) is 0 Å². The number of nitrogens with zero attached hydrogens (tertiary/aromatic N) is 3. The molecule has 1 aromatic heterocycles. The maximum Gasteiger partial charge on any atom is 0.269 e. The molecule has 2 rings (SSSR count). The maximum atomic E-state index is 13.5. The van der Waals surface area contributed by atoms with Crippen molar-refractivity contribution in [2.45, 2.75) is 6.54 Å². The number of benzene rings is 1. The van der Waals surface area contributed by atoms with E-state index in [0.29, 0.717) is 24.3 Å². The van der Waals surface area contributed by atoms with E-state index in [1.165, 1.54) is 16.8 Å². The lowest BCUT2D eigenvalue weighted by molar-refractivity contribution is 0.572. The number of hydrogen-bond donors (Lipinski definition) is 1. The average molecular weight is 276 g/mol. The fraction of sp³-hybridized carbons (Fsp3) is 0.286. The molecular formula is C14H17FN4O. The second-order valence-corrected chi connectivity index (χ2v) is 4.51. The second-order valence-electron chi connectivity index (χ2n) is 4.51. The molecule has 0 amide bonds. The van der Waals surface area contributed by atoms with Crippen LogP contribution in [0.1, 0.15) is 5.56 Å². The van der Waals surface area contributed by atoms with Crippen LogP contribution < -0.4 is 16.2 Å². The van der Waals surface area contributed by atoms with E-state index >= 15 is 0 Å². The van der Waals surface area contributed by atoms with Crippen LogP contribution in [0.15, 0.2) is 41.3 Å². The predicted molar refractivity (Wildman–Crippen MR) is 76.3 cm³/mol. The molecule has 0 saturated carbocycles. The molecule has 0 bridgehead atoms. The van der Waals surface area contributed by atoms with E-state index in [1.807, 2.05) is 11.9 Å². The van der Waals surface area contributed by atoms with Gasteiger partial charge in [0.05, 0.1) is 18.4 Å². The molecule has 5 nitrogen and oxygen atoms in total. The third-order valence-corrected chi connectivity index (χ3v) is 3.04. The molecule has 20 heavy (non-hydrogen) atoms. The first kappa shape index (κ1) is 14.2. The minimum Gasteiger partial charge on any atom is -0.372 e. The first-order chi connectivity index (χ1) is 9.61. The zero-order chi connectivity index (χ0) is 14.5. The summed E-state index contributed by atoms with van der Waals surface area (Å²) in [7, 11) is 1.84. The lowest BCUT2D eigenvalue weighted by Crippen LogP contribution is -2.29. The van der Waals surface area contributed by atoms with E-state index in [0.717, 1.165) is 0 Å². The largest absolute Gasteiger partial charge is 0.372 e. The van der Waals surface area contributed by atoms with Crippen LogP contribution >= 0.6 is 0 Å².